The van der Waals surface area contributed by atoms with Gasteiger partial charge in [-0.15, -0.1) is 0 Å². The Hall–Kier alpha value is -2.51. The number of nitrogens with one attached hydrogen (secondary N) is 1. The number of benzene rings is 1. The van der Waals surface area contributed by atoms with Crippen molar-refractivity contribution in [2.75, 3.05) is 42.9 Å². The van der Waals surface area contributed by atoms with Crippen LogP contribution in [-0.4, -0.2) is 59.7 Å². The van der Waals surface area contributed by atoms with Crippen molar-refractivity contribution in [1.82, 2.24) is 9.88 Å². The molecule has 6 nitrogen and oxygen atoms in total. The Kier molecular flexibility index (Phi) is 6.36. The largest absolute Gasteiger partial charge is 0.392 e. The predicted octanol–water partition coefficient (Wildman–Crippen LogP) is 2.37. The first-order valence-corrected chi connectivity index (χ1v) is 9.23. The minimum atomic E-state index is -0.373. The first-order valence-electron chi connectivity index (χ1n) is 9.23. The molecule has 0 saturated carbocycles. The molecule has 0 spiro atoms. The maximum atomic E-state index is 12.9. The van der Waals surface area contributed by atoms with Crippen LogP contribution in [0.4, 0.5) is 15.9 Å². The molecule has 1 amide bonds. The third-order valence-electron chi connectivity index (χ3n) is 4.75. The van der Waals surface area contributed by atoms with Crippen molar-refractivity contribution in [3.05, 3.63) is 54.0 Å². The van der Waals surface area contributed by atoms with Gasteiger partial charge in [0.25, 0.3) is 5.91 Å². The number of carbonyl (C=O) groups excluding carboxylic acids is 1. The van der Waals surface area contributed by atoms with Gasteiger partial charge < -0.3 is 15.3 Å². The van der Waals surface area contributed by atoms with Crippen LogP contribution in [0.1, 0.15) is 23.7 Å². The van der Waals surface area contributed by atoms with E-state index in [2.05, 4.69) is 20.1 Å². The average molecular weight is 372 g/mol. The smallest absolute Gasteiger partial charge is 0.255 e. The number of pyridine rings is 1. The number of carbonyl (C=O) groups is 1. The fourth-order valence-corrected chi connectivity index (χ4v) is 3.04. The zero-order valence-electron chi connectivity index (χ0n) is 15.4. The summed E-state index contributed by atoms with van der Waals surface area (Å²) in [5, 5.41) is 12.5. The van der Waals surface area contributed by atoms with Gasteiger partial charge in [0.2, 0.25) is 0 Å². The summed E-state index contributed by atoms with van der Waals surface area (Å²) in [4.78, 5) is 21.1. The van der Waals surface area contributed by atoms with Crippen LogP contribution in [0, 0.1) is 5.82 Å². The molecule has 3 rings (SSSR count). The first-order chi connectivity index (χ1) is 13.0. The van der Waals surface area contributed by atoms with Crippen molar-refractivity contribution in [3.63, 3.8) is 0 Å². The molecule has 2 N–H and O–H groups in total. The lowest BCUT2D eigenvalue weighted by molar-refractivity contribution is 0.102. The molecule has 1 unspecified atom stereocenters. The quantitative estimate of drug-likeness (QED) is 0.815. The summed E-state index contributed by atoms with van der Waals surface area (Å²) in [5.74, 6) is 0.194. The number of piperazine rings is 1. The highest BCUT2D eigenvalue weighted by Crippen LogP contribution is 2.17. The molecule has 0 bridgehead atoms. The van der Waals surface area contributed by atoms with Gasteiger partial charge in [-0.25, -0.2) is 9.37 Å². The molecule has 0 aliphatic carbocycles. The van der Waals surface area contributed by atoms with Crippen LogP contribution in [0.3, 0.4) is 0 Å². The fraction of sp³-hybridized carbons (Fsp3) is 0.400. The van der Waals surface area contributed by atoms with E-state index in [1.165, 1.54) is 24.3 Å². The number of β-amino-alcohol motifs (C(OH)–C–C–N with tert-alkyl or cyclic N) is 1. The predicted molar refractivity (Wildman–Crippen MR) is 104 cm³/mol. The summed E-state index contributed by atoms with van der Waals surface area (Å²) < 4.78 is 12.9. The van der Waals surface area contributed by atoms with Crippen LogP contribution in [0.25, 0.3) is 0 Å². The van der Waals surface area contributed by atoms with Crippen molar-refractivity contribution in [2.45, 2.75) is 19.4 Å². The van der Waals surface area contributed by atoms with Crippen LogP contribution in [0.2, 0.25) is 0 Å². The minimum absolute atomic E-state index is 0.265. The van der Waals surface area contributed by atoms with Crippen molar-refractivity contribution in [3.8, 4) is 0 Å². The van der Waals surface area contributed by atoms with Gasteiger partial charge in [-0.2, -0.15) is 0 Å². The number of hydrogen-bond donors (Lipinski definition) is 2. The number of halogens is 1. The molecule has 7 heteroatoms. The summed E-state index contributed by atoms with van der Waals surface area (Å²) in [7, 11) is 0. The Morgan fingerprint density at radius 3 is 2.48 bits per heavy atom. The molecular weight excluding hydrogens is 347 g/mol. The van der Waals surface area contributed by atoms with Crippen LogP contribution in [-0.2, 0) is 0 Å². The molecule has 1 aliphatic rings. The zero-order chi connectivity index (χ0) is 19.2. The molecular formula is C20H25FN4O2. The highest BCUT2D eigenvalue weighted by Gasteiger charge is 2.19. The van der Waals surface area contributed by atoms with Gasteiger partial charge in [-0.3, -0.25) is 9.69 Å². The van der Waals surface area contributed by atoms with Gasteiger partial charge in [0.15, 0.2) is 0 Å². The van der Waals surface area contributed by atoms with E-state index in [0.717, 1.165) is 38.4 Å². The lowest BCUT2D eigenvalue weighted by Gasteiger charge is -2.36. The zero-order valence-corrected chi connectivity index (χ0v) is 15.4. The second-order valence-corrected chi connectivity index (χ2v) is 6.72. The number of hydrogen-bond acceptors (Lipinski definition) is 5. The fourth-order valence-electron chi connectivity index (χ4n) is 3.04. The highest BCUT2D eigenvalue weighted by atomic mass is 19.1. The Balaban J connectivity index is 1.53. The van der Waals surface area contributed by atoms with Crippen LogP contribution in [0.5, 0.6) is 0 Å². The lowest BCUT2D eigenvalue weighted by atomic mass is 10.2. The third-order valence-corrected chi connectivity index (χ3v) is 4.75. The summed E-state index contributed by atoms with van der Waals surface area (Å²) in [6.07, 6.45) is 2.13. The normalized spacial score (nSPS) is 16.2. The summed E-state index contributed by atoms with van der Waals surface area (Å²) in [6.45, 7) is 6.19. The standard InChI is InChI=1S/C20H25FN4O2/c1-2-18(26)14-24-9-11-25(12-10-24)19-8-7-17(13-22-19)23-20(27)15-3-5-16(21)6-4-15/h3-8,13,18,26H,2,9-12,14H2,1H3,(H,23,27). The van der Waals surface area contributed by atoms with Gasteiger partial charge in [0, 0.05) is 38.3 Å². The summed E-state index contributed by atoms with van der Waals surface area (Å²) in [5.41, 5.74) is 0.989. The number of amides is 1. The highest BCUT2D eigenvalue weighted by molar-refractivity contribution is 6.04. The number of nitrogens with zero attached hydrogens (tertiary/aromatic N) is 3. The van der Waals surface area contributed by atoms with Crippen LogP contribution in [0.15, 0.2) is 42.6 Å². The van der Waals surface area contributed by atoms with E-state index in [1.807, 2.05) is 19.1 Å². The van der Waals surface area contributed by atoms with Crippen molar-refractivity contribution >= 4 is 17.4 Å². The number of rotatable bonds is 6. The van der Waals surface area contributed by atoms with Crippen LogP contribution < -0.4 is 10.2 Å². The van der Waals surface area contributed by atoms with E-state index < -0.39 is 0 Å². The van der Waals surface area contributed by atoms with E-state index in [0.29, 0.717) is 17.8 Å². The Labute approximate surface area is 158 Å². The van der Waals surface area contributed by atoms with Crippen LogP contribution >= 0.6 is 0 Å². The summed E-state index contributed by atoms with van der Waals surface area (Å²) >= 11 is 0. The monoisotopic (exact) mass is 372 g/mol. The van der Waals surface area contributed by atoms with Crippen molar-refractivity contribution in [1.29, 1.82) is 0 Å². The second-order valence-electron chi connectivity index (χ2n) is 6.72. The molecule has 1 aromatic carbocycles. The molecule has 2 aromatic rings. The van der Waals surface area contributed by atoms with E-state index in [-0.39, 0.29) is 17.8 Å². The van der Waals surface area contributed by atoms with E-state index >= 15 is 0 Å². The molecule has 2 heterocycles. The molecule has 1 atom stereocenters. The molecule has 1 fully saturated rings. The second kappa shape index (κ2) is 8.92. The molecule has 1 saturated heterocycles. The Bertz CT molecular complexity index is 744. The maximum absolute atomic E-state index is 12.9. The maximum Gasteiger partial charge on any atom is 0.255 e. The molecule has 1 aromatic heterocycles. The van der Waals surface area contributed by atoms with Crippen molar-refractivity contribution < 1.29 is 14.3 Å². The number of aromatic nitrogens is 1. The summed E-state index contributed by atoms with van der Waals surface area (Å²) in [6, 6.07) is 9.11. The van der Waals surface area contributed by atoms with Gasteiger partial charge in [-0.1, -0.05) is 6.92 Å². The average Bonchev–Trinajstić information content (AvgIpc) is 2.69. The van der Waals surface area contributed by atoms with Gasteiger partial charge in [0.05, 0.1) is 18.0 Å². The molecule has 0 radical (unpaired) electrons. The minimum Gasteiger partial charge on any atom is -0.392 e. The molecule has 27 heavy (non-hydrogen) atoms. The Morgan fingerprint density at radius 2 is 1.89 bits per heavy atom. The topological polar surface area (TPSA) is 68.7 Å². The van der Waals surface area contributed by atoms with Crippen molar-refractivity contribution in [2.24, 2.45) is 0 Å². The van der Waals surface area contributed by atoms with E-state index in [9.17, 15) is 14.3 Å². The van der Waals surface area contributed by atoms with E-state index in [4.69, 9.17) is 0 Å². The SMILES string of the molecule is CCC(O)CN1CCN(c2ccc(NC(=O)c3ccc(F)cc3)cn2)CC1. The lowest BCUT2D eigenvalue weighted by Crippen LogP contribution is -2.48. The van der Waals surface area contributed by atoms with E-state index in [1.54, 1.807) is 6.20 Å². The number of aliphatic hydroxyl groups excluding tert-OH is 1. The van der Waals surface area contributed by atoms with Gasteiger partial charge >= 0.3 is 0 Å². The third kappa shape index (κ3) is 5.24. The molecule has 144 valence electrons. The first kappa shape index (κ1) is 19.3. The number of aliphatic hydroxyl groups is 1. The van der Waals surface area contributed by atoms with Gasteiger partial charge in [-0.05, 0) is 42.8 Å². The van der Waals surface area contributed by atoms with Gasteiger partial charge in [0.1, 0.15) is 11.6 Å². The number of anilines is 2. The Morgan fingerprint density at radius 1 is 1.19 bits per heavy atom. The molecule has 1 aliphatic heterocycles.